The van der Waals surface area contributed by atoms with Crippen molar-refractivity contribution in [3.63, 3.8) is 0 Å². The molecule has 0 bridgehead atoms. The Balaban J connectivity index is 2.66. The molecule has 0 saturated heterocycles. The zero-order chi connectivity index (χ0) is 9.10. The molecule has 0 radical (unpaired) electrons. The van der Waals surface area contributed by atoms with Crippen LogP contribution in [0.1, 0.15) is 5.56 Å². The van der Waals surface area contributed by atoms with Gasteiger partial charge in [-0.15, -0.1) is 0 Å². The topological polar surface area (TPSA) is 33.1 Å². The molecule has 1 N–H and O–H groups in total. The molecule has 0 aliphatic rings. The molecule has 0 saturated carbocycles. The van der Waals surface area contributed by atoms with E-state index in [-0.39, 0.29) is 0 Å². The Kier molecular flexibility index (Phi) is 1.85. The number of pyridine rings is 1. The first-order valence-corrected chi connectivity index (χ1v) is 3.90. The molecule has 2 aromatic rings. The predicted octanol–water partition coefficient (Wildman–Crippen LogP) is 1.92. The minimum absolute atomic E-state index is 0.723. The number of benzene rings is 1. The fraction of sp³-hybridized carbons (Fsp3) is 0. The van der Waals surface area contributed by atoms with Gasteiger partial charge in [0.25, 0.3) is 0 Å². The highest BCUT2D eigenvalue weighted by atomic mass is 16.2. The Labute approximate surface area is 75.9 Å². The number of aromatic nitrogens is 1. The molecule has 2 rings (SSSR count). The highest BCUT2D eigenvalue weighted by Gasteiger charge is 1.93. The second kappa shape index (κ2) is 3.16. The maximum Gasteiger partial charge on any atom is 0.113 e. The van der Waals surface area contributed by atoms with Gasteiger partial charge in [-0.25, -0.2) is 0 Å². The molecule has 2 nitrogen and oxygen atoms in total. The van der Waals surface area contributed by atoms with Crippen molar-refractivity contribution in [3.05, 3.63) is 42.1 Å². The van der Waals surface area contributed by atoms with Crippen LogP contribution in [0.5, 0.6) is 0 Å². The van der Waals surface area contributed by atoms with Gasteiger partial charge in [-0.2, -0.15) is 0 Å². The Morgan fingerprint density at radius 3 is 2.92 bits per heavy atom. The number of hydrogen-bond donors (Lipinski definition) is 1. The van der Waals surface area contributed by atoms with Gasteiger partial charge in [0.2, 0.25) is 0 Å². The van der Waals surface area contributed by atoms with E-state index < -0.39 is 0 Å². The number of rotatable bonds is 0. The highest BCUT2D eigenvalue weighted by molar-refractivity contribution is 5.79. The van der Waals surface area contributed by atoms with Crippen LogP contribution in [0, 0.1) is 12.0 Å². The number of fused-ring (bicyclic) bond motifs is 1. The van der Waals surface area contributed by atoms with Gasteiger partial charge in [0.05, 0.1) is 5.52 Å². The van der Waals surface area contributed by atoms with E-state index in [1.807, 2.05) is 36.4 Å². The van der Waals surface area contributed by atoms with Crippen LogP contribution in [-0.2, 0) is 0 Å². The summed E-state index contributed by atoms with van der Waals surface area (Å²) in [6.07, 6.45) is 3.50. The maximum absolute atomic E-state index is 8.40. The van der Waals surface area contributed by atoms with Crippen molar-refractivity contribution in [2.45, 2.75) is 0 Å². The van der Waals surface area contributed by atoms with E-state index in [1.54, 1.807) is 6.20 Å². The first-order chi connectivity index (χ1) is 6.40. The zero-order valence-corrected chi connectivity index (χ0v) is 6.86. The molecule has 0 aliphatic carbocycles. The first-order valence-electron chi connectivity index (χ1n) is 3.90. The van der Waals surface area contributed by atoms with Gasteiger partial charge in [-0.3, -0.25) is 4.98 Å². The van der Waals surface area contributed by atoms with Crippen LogP contribution in [0.4, 0.5) is 0 Å². The smallest absolute Gasteiger partial charge is 0.113 e. The van der Waals surface area contributed by atoms with Crippen molar-refractivity contribution in [1.82, 2.24) is 4.98 Å². The van der Waals surface area contributed by atoms with Crippen LogP contribution in [0.3, 0.4) is 0 Å². The number of para-hydroxylation sites is 1. The number of nitrogens with zero attached hydrogens (tertiary/aromatic N) is 1. The second-order valence-corrected chi connectivity index (χ2v) is 2.65. The summed E-state index contributed by atoms with van der Waals surface area (Å²) < 4.78 is 0. The van der Waals surface area contributed by atoms with Gasteiger partial charge in [0.15, 0.2) is 0 Å². The van der Waals surface area contributed by atoms with Crippen molar-refractivity contribution in [3.8, 4) is 12.0 Å². The van der Waals surface area contributed by atoms with Crippen LogP contribution in [0.2, 0.25) is 0 Å². The van der Waals surface area contributed by atoms with Gasteiger partial charge in [0, 0.05) is 17.1 Å². The fourth-order valence-corrected chi connectivity index (χ4v) is 1.20. The Morgan fingerprint density at radius 1 is 1.23 bits per heavy atom. The number of hydrogen-bond acceptors (Lipinski definition) is 2. The lowest BCUT2D eigenvalue weighted by Gasteiger charge is -1.95. The predicted molar refractivity (Wildman–Crippen MR) is 50.6 cm³/mol. The van der Waals surface area contributed by atoms with E-state index in [2.05, 4.69) is 10.9 Å². The summed E-state index contributed by atoms with van der Waals surface area (Å²) in [5, 5.41) is 9.43. The molecule has 0 fully saturated rings. The molecule has 0 atom stereocenters. The first kappa shape index (κ1) is 7.63. The van der Waals surface area contributed by atoms with Gasteiger partial charge >= 0.3 is 0 Å². The Hall–Kier alpha value is -2.01. The summed E-state index contributed by atoms with van der Waals surface area (Å²) in [4.78, 5) is 4.19. The molecule has 1 aromatic heterocycles. The molecule has 2 heteroatoms. The molecular formula is C11H7NO. The van der Waals surface area contributed by atoms with Gasteiger partial charge < -0.3 is 5.11 Å². The third-order valence-corrected chi connectivity index (χ3v) is 1.79. The summed E-state index contributed by atoms with van der Waals surface area (Å²) in [7, 11) is 0. The SMILES string of the molecule is OC#Cc1cnc2ccccc2c1. The Bertz CT molecular complexity index is 494. The van der Waals surface area contributed by atoms with E-state index >= 15 is 0 Å². The van der Waals surface area contributed by atoms with Crippen LogP contribution < -0.4 is 0 Å². The van der Waals surface area contributed by atoms with Crippen molar-refractivity contribution < 1.29 is 5.11 Å². The van der Waals surface area contributed by atoms with Crippen LogP contribution in [0.25, 0.3) is 10.9 Å². The van der Waals surface area contributed by atoms with Crippen molar-refractivity contribution in [2.75, 3.05) is 0 Å². The maximum atomic E-state index is 8.40. The van der Waals surface area contributed by atoms with Crippen molar-refractivity contribution in [2.24, 2.45) is 0 Å². The summed E-state index contributed by atoms with van der Waals surface area (Å²) in [6, 6.07) is 9.68. The summed E-state index contributed by atoms with van der Waals surface area (Å²) in [5.41, 5.74) is 1.66. The third-order valence-electron chi connectivity index (χ3n) is 1.79. The largest absolute Gasteiger partial charge is 0.462 e. The number of aliphatic hydroxyl groups excluding tert-OH is 1. The molecular weight excluding hydrogens is 162 g/mol. The average Bonchev–Trinajstić information content (AvgIpc) is 2.18. The summed E-state index contributed by atoms with van der Waals surface area (Å²) >= 11 is 0. The average molecular weight is 169 g/mol. The quantitative estimate of drug-likeness (QED) is 0.611. The molecule has 0 aliphatic heterocycles. The van der Waals surface area contributed by atoms with E-state index in [9.17, 15) is 0 Å². The number of aliphatic hydroxyl groups is 1. The normalized spacial score (nSPS) is 9.23. The second-order valence-electron chi connectivity index (χ2n) is 2.65. The van der Waals surface area contributed by atoms with Crippen LogP contribution in [-0.4, -0.2) is 10.1 Å². The van der Waals surface area contributed by atoms with E-state index in [0.29, 0.717) is 0 Å². The monoisotopic (exact) mass is 169 g/mol. The van der Waals surface area contributed by atoms with Crippen molar-refractivity contribution in [1.29, 1.82) is 0 Å². The molecule has 1 heterocycles. The summed E-state index contributed by atoms with van der Waals surface area (Å²) in [5.74, 6) is 2.54. The molecule has 1 aromatic carbocycles. The third kappa shape index (κ3) is 1.45. The molecule has 0 unspecified atom stereocenters. The van der Waals surface area contributed by atoms with E-state index in [0.717, 1.165) is 16.5 Å². The van der Waals surface area contributed by atoms with Crippen LogP contribution >= 0.6 is 0 Å². The molecule has 0 amide bonds. The lowest BCUT2D eigenvalue weighted by Crippen LogP contribution is -1.80. The van der Waals surface area contributed by atoms with Gasteiger partial charge in [-0.05, 0) is 18.1 Å². The molecule has 0 spiro atoms. The fourth-order valence-electron chi connectivity index (χ4n) is 1.20. The van der Waals surface area contributed by atoms with E-state index in [4.69, 9.17) is 5.11 Å². The van der Waals surface area contributed by atoms with Crippen LogP contribution in [0.15, 0.2) is 36.5 Å². The van der Waals surface area contributed by atoms with Gasteiger partial charge in [0.1, 0.15) is 6.11 Å². The molecule has 62 valence electrons. The zero-order valence-electron chi connectivity index (χ0n) is 6.86. The Morgan fingerprint density at radius 2 is 2.08 bits per heavy atom. The standard InChI is InChI=1S/C11H7NO/c13-6-5-9-7-10-3-1-2-4-11(10)12-8-9/h1-4,7-8,13H. The summed E-state index contributed by atoms with van der Waals surface area (Å²) in [6.45, 7) is 0. The lowest BCUT2D eigenvalue weighted by atomic mass is 10.2. The van der Waals surface area contributed by atoms with Gasteiger partial charge in [-0.1, -0.05) is 18.2 Å². The minimum atomic E-state index is 0.723. The lowest BCUT2D eigenvalue weighted by molar-refractivity contribution is 0.517. The minimum Gasteiger partial charge on any atom is -0.462 e. The molecule has 13 heavy (non-hydrogen) atoms. The van der Waals surface area contributed by atoms with Crippen molar-refractivity contribution >= 4 is 10.9 Å². The highest BCUT2D eigenvalue weighted by Crippen LogP contribution is 2.11. The van der Waals surface area contributed by atoms with E-state index in [1.165, 1.54) is 0 Å².